The largest absolute Gasteiger partial charge is 0.395 e. The van der Waals surface area contributed by atoms with E-state index in [1.54, 1.807) is 19.4 Å². The Kier molecular flexibility index (Phi) is 5.24. The van der Waals surface area contributed by atoms with Crippen LogP contribution in [0.2, 0.25) is 0 Å². The van der Waals surface area contributed by atoms with E-state index in [0.717, 1.165) is 12.8 Å². The van der Waals surface area contributed by atoms with Crippen LogP contribution < -0.4 is 11.1 Å². The Balaban J connectivity index is 2.82. The van der Waals surface area contributed by atoms with E-state index < -0.39 is 0 Å². The van der Waals surface area contributed by atoms with E-state index in [9.17, 15) is 0 Å². The van der Waals surface area contributed by atoms with Crippen molar-refractivity contribution >= 4 is 11.5 Å². The molecule has 0 bridgehead atoms. The maximum atomic E-state index is 8.87. The Hall–Kier alpha value is -1.80. The average Bonchev–Trinajstić information content (AvgIpc) is 2.32. The lowest BCUT2D eigenvalue weighted by Crippen LogP contribution is -2.25. The first-order valence-electron chi connectivity index (χ1n) is 5.63. The molecule has 3 N–H and O–H groups in total. The predicted octanol–water partition coefficient (Wildman–Crippen LogP) is 1.76. The zero-order valence-electron chi connectivity index (χ0n) is 10.2. The number of ether oxygens (including phenoxy) is 1. The number of anilines is 2. The molecule has 0 aliphatic rings. The smallest absolute Gasteiger partial charge is 0.150 e. The molecule has 0 amide bonds. The topological polar surface area (TPSA) is 84.0 Å². The first-order valence-corrected chi connectivity index (χ1v) is 5.63. The van der Waals surface area contributed by atoms with Gasteiger partial charge in [-0.15, -0.1) is 0 Å². The van der Waals surface area contributed by atoms with Crippen LogP contribution >= 0.6 is 0 Å². The summed E-state index contributed by atoms with van der Waals surface area (Å²) in [5.74, 6) is 0.555. The van der Waals surface area contributed by atoms with Crippen LogP contribution in [0.3, 0.4) is 0 Å². The molecule has 92 valence electrons. The van der Waals surface area contributed by atoms with E-state index in [1.807, 2.05) is 6.07 Å². The third kappa shape index (κ3) is 3.61. The number of methoxy groups -OCH3 is 1. The first kappa shape index (κ1) is 13.3. The Labute approximate surface area is 102 Å². The maximum absolute atomic E-state index is 8.87. The van der Waals surface area contributed by atoms with Gasteiger partial charge in [0.15, 0.2) is 5.82 Å². The quantitative estimate of drug-likeness (QED) is 0.783. The zero-order chi connectivity index (χ0) is 12.7. The van der Waals surface area contributed by atoms with Crippen LogP contribution in [0.4, 0.5) is 11.5 Å². The standard InChI is InChI=1S/C12H18N4O/c1-3-4-10(8-17-2)16-12-11(14)9(7-13)5-6-15-12/h5-6,10H,3-4,8,14H2,1-2H3,(H,15,16). The van der Waals surface area contributed by atoms with Crippen molar-refractivity contribution in [3.63, 3.8) is 0 Å². The lowest BCUT2D eigenvalue weighted by molar-refractivity contribution is 0.182. The molecule has 0 saturated carbocycles. The van der Waals surface area contributed by atoms with Gasteiger partial charge in [0.1, 0.15) is 6.07 Å². The summed E-state index contributed by atoms with van der Waals surface area (Å²) in [4.78, 5) is 4.15. The number of nitriles is 1. The minimum Gasteiger partial charge on any atom is -0.395 e. The summed E-state index contributed by atoms with van der Waals surface area (Å²) in [6.45, 7) is 2.69. The highest BCUT2D eigenvalue weighted by Crippen LogP contribution is 2.20. The van der Waals surface area contributed by atoms with Gasteiger partial charge in [-0.3, -0.25) is 0 Å². The molecule has 0 saturated heterocycles. The SMILES string of the molecule is CCCC(COC)Nc1nccc(C#N)c1N. The van der Waals surface area contributed by atoms with E-state index in [1.165, 1.54) is 0 Å². The summed E-state index contributed by atoms with van der Waals surface area (Å²) in [7, 11) is 1.66. The van der Waals surface area contributed by atoms with Crippen molar-refractivity contribution in [1.82, 2.24) is 4.98 Å². The third-order valence-corrected chi connectivity index (χ3v) is 2.46. The second kappa shape index (κ2) is 6.71. The normalized spacial score (nSPS) is 11.8. The Bertz CT molecular complexity index is 394. The fourth-order valence-corrected chi connectivity index (χ4v) is 1.63. The molecule has 0 radical (unpaired) electrons. The number of rotatable bonds is 6. The van der Waals surface area contributed by atoms with E-state index in [0.29, 0.717) is 23.7 Å². The maximum Gasteiger partial charge on any atom is 0.150 e. The second-order valence-electron chi connectivity index (χ2n) is 3.82. The molecule has 0 spiro atoms. The van der Waals surface area contributed by atoms with Crippen molar-refractivity contribution in [2.45, 2.75) is 25.8 Å². The van der Waals surface area contributed by atoms with Gasteiger partial charge in [0.2, 0.25) is 0 Å². The fraction of sp³-hybridized carbons (Fsp3) is 0.500. The molecule has 0 aromatic carbocycles. The second-order valence-corrected chi connectivity index (χ2v) is 3.82. The first-order chi connectivity index (χ1) is 8.22. The zero-order valence-corrected chi connectivity index (χ0v) is 10.2. The molecular weight excluding hydrogens is 216 g/mol. The molecule has 1 rings (SSSR count). The number of hydrogen-bond acceptors (Lipinski definition) is 5. The molecule has 0 aliphatic carbocycles. The van der Waals surface area contributed by atoms with Gasteiger partial charge in [0.25, 0.3) is 0 Å². The Morgan fingerprint density at radius 2 is 2.41 bits per heavy atom. The highest BCUT2D eigenvalue weighted by molar-refractivity contribution is 5.69. The summed E-state index contributed by atoms with van der Waals surface area (Å²) in [5.41, 5.74) is 6.68. The van der Waals surface area contributed by atoms with Gasteiger partial charge in [0.05, 0.1) is 23.9 Å². The van der Waals surface area contributed by atoms with Crippen molar-refractivity contribution in [3.8, 4) is 6.07 Å². The number of nitrogen functional groups attached to an aromatic ring is 1. The van der Waals surface area contributed by atoms with Gasteiger partial charge in [-0.1, -0.05) is 13.3 Å². The van der Waals surface area contributed by atoms with Gasteiger partial charge >= 0.3 is 0 Å². The number of aromatic nitrogens is 1. The van der Waals surface area contributed by atoms with E-state index >= 15 is 0 Å². The molecule has 0 fully saturated rings. The number of nitrogens with two attached hydrogens (primary N) is 1. The third-order valence-electron chi connectivity index (χ3n) is 2.46. The molecule has 1 atom stereocenters. The van der Waals surface area contributed by atoms with Crippen LogP contribution in [0.1, 0.15) is 25.3 Å². The molecule has 1 unspecified atom stereocenters. The van der Waals surface area contributed by atoms with Crippen molar-refractivity contribution in [3.05, 3.63) is 17.8 Å². The molecule has 5 heteroatoms. The molecule has 5 nitrogen and oxygen atoms in total. The van der Waals surface area contributed by atoms with Gasteiger partial charge in [0, 0.05) is 13.3 Å². The van der Waals surface area contributed by atoms with E-state index in [4.69, 9.17) is 15.7 Å². The van der Waals surface area contributed by atoms with Crippen LogP contribution in [0.15, 0.2) is 12.3 Å². The summed E-state index contributed by atoms with van der Waals surface area (Å²) in [6.07, 6.45) is 3.58. The lowest BCUT2D eigenvalue weighted by atomic mass is 10.1. The van der Waals surface area contributed by atoms with Crippen molar-refractivity contribution in [2.24, 2.45) is 0 Å². The van der Waals surface area contributed by atoms with Crippen LogP contribution in [-0.2, 0) is 4.74 Å². The highest BCUT2D eigenvalue weighted by Gasteiger charge is 2.11. The monoisotopic (exact) mass is 234 g/mol. The van der Waals surface area contributed by atoms with Gasteiger partial charge in [-0.25, -0.2) is 4.98 Å². The lowest BCUT2D eigenvalue weighted by Gasteiger charge is -2.18. The average molecular weight is 234 g/mol. The summed E-state index contributed by atoms with van der Waals surface area (Å²) >= 11 is 0. The summed E-state index contributed by atoms with van der Waals surface area (Å²) < 4.78 is 5.13. The molecule has 1 aromatic heterocycles. The Morgan fingerprint density at radius 1 is 1.65 bits per heavy atom. The van der Waals surface area contributed by atoms with Gasteiger partial charge < -0.3 is 15.8 Å². The highest BCUT2D eigenvalue weighted by atomic mass is 16.5. The predicted molar refractivity (Wildman–Crippen MR) is 67.6 cm³/mol. The number of nitrogens with zero attached hydrogens (tertiary/aromatic N) is 2. The number of nitrogens with one attached hydrogen (secondary N) is 1. The Morgan fingerprint density at radius 3 is 3.00 bits per heavy atom. The van der Waals surface area contributed by atoms with Gasteiger partial charge in [-0.2, -0.15) is 5.26 Å². The summed E-state index contributed by atoms with van der Waals surface area (Å²) in [6, 6.07) is 3.80. The number of pyridine rings is 1. The minimum absolute atomic E-state index is 0.161. The number of hydrogen-bond donors (Lipinski definition) is 2. The molecule has 0 aliphatic heterocycles. The van der Waals surface area contributed by atoms with Crippen molar-refractivity contribution in [1.29, 1.82) is 5.26 Å². The molecule has 1 aromatic rings. The van der Waals surface area contributed by atoms with Crippen molar-refractivity contribution in [2.75, 3.05) is 24.8 Å². The summed E-state index contributed by atoms with van der Waals surface area (Å²) in [5, 5.41) is 12.1. The van der Waals surface area contributed by atoms with Crippen LogP contribution in [0.25, 0.3) is 0 Å². The van der Waals surface area contributed by atoms with Crippen LogP contribution in [-0.4, -0.2) is 24.7 Å². The van der Waals surface area contributed by atoms with E-state index in [2.05, 4.69) is 17.2 Å². The van der Waals surface area contributed by atoms with Crippen LogP contribution in [0.5, 0.6) is 0 Å². The van der Waals surface area contributed by atoms with Gasteiger partial charge in [-0.05, 0) is 12.5 Å². The molecule has 17 heavy (non-hydrogen) atoms. The van der Waals surface area contributed by atoms with Crippen molar-refractivity contribution < 1.29 is 4.74 Å². The van der Waals surface area contributed by atoms with Crippen LogP contribution in [0, 0.1) is 11.3 Å². The fourth-order valence-electron chi connectivity index (χ4n) is 1.63. The van der Waals surface area contributed by atoms with E-state index in [-0.39, 0.29) is 6.04 Å². The molecule has 1 heterocycles. The minimum atomic E-state index is 0.161. The molecular formula is C12H18N4O.